The van der Waals surface area contributed by atoms with Gasteiger partial charge in [-0.3, -0.25) is 4.79 Å². The van der Waals surface area contributed by atoms with Gasteiger partial charge in [0.1, 0.15) is 5.82 Å². The molecular formula is C28H29BrClFN2O3S. The lowest BCUT2D eigenvalue weighted by Gasteiger charge is -2.30. The maximum Gasteiger partial charge on any atom is 0.251 e. The summed E-state index contributed by atoms with van der Waals surface area (Å²) in [6, 6.07) is 17.2. The van der Waals surface area contributed by atoms with Crippen LogP contribution in [0.2, 0.25) is 5.02 Å². The second-order valence-electron chi connectivity index (χ2n) is 9.29. The number of carbonyl (C=O) groups excluding carboxylic acids is 1. The van der Waals surface area contributed by atoms with Gasteiger partial charge >= 0.3 is 0 Å². The van der Waals surface area contributed by atoms with Crippen molar-refractivity contribution in [3.63, 3.8) is 0 Å². The van der Waals surface area contributed by atoms with E-state index in [1.165, 1.54) is 28.6 Å². The first-order chi connectivity index (χ1) is 17.7. The summed E-state index contributed by atoms with van der Waals surface area (Å²) in [5.41, 5.74) is 1.24. The molecule has 0 saturated heterocycles. The van der Waals surface area contributed by atoms with Crippen LogP contribution in [0.3, 0.4) is 0 Å². The highest BCUT2D eigenvalue weighted by Gasteiger charge is 2.30. The molecule has 196 valence electrons. The third kappa shape index (κ3) is 6.42. The minimum atomic E-state index is -3.76. The SMILES string of the molecule is CN(C1CCCCC1)S(=O)(=O)c1cccc(C(=O)NC(Cc2c(F)cccc2Cl)c2ccccc2Br)c1. The van der Waals surface area contributed by atoms with Gasteiger partial charge in [0.2, 0.25) is 10.0 Å². The molecule has 1 saturated carbocycles. The van der Waals surface area contributed by atoms with Crippen LogP contribution < -0.4 is 5.32 Å². The molecule has 1 aliphatic rings. The van der Waals surface area contributed by atoms with E-state index in [-0.39, 0.29) is 33.5 Å². The Labute approximate surface area is 231 Å². The first kappa shape index (κ1) is 27.8. The number of hydrogen-bond acceptors (Lipinski definition) is 3. The van der Waals surface area contributed by atoms with Gasteiger partial charge in [-0.2, -0.15) is 4.31 Å². The van der Waals surface area contributed by atoms with E-state index in [0.29, 0.717) is 0 Å². The lowest BCUT2D eigenvalue weighted by atomic mass is 9.96. The molecule has 1 amide bonds. The monoisotopic (exact) mass is 606 g/mol. The van der Waals surface area contributed by atoms with Crippen LogP contribution >= 0.6 is 27.5 Å². The van der Waals surface area contributed by atoms with Crippen LogP contribution in [0.1, 0.15) is 59.6 Å². The summed E-state index contributed by atoms with van der Waals surface area (Å²) in [4.78, 5) is 13.5. The molecule has 0 aliphatic heterocycles. The maximum atomic E-state index is 14.6. The van der Waals surface area contributed by atoms with Crippen molar-refractivity contribution in [3.05, 3.63) is 98.7 Å². The zero-order valence-electron chi connectivity index (χ0n) is 20.5. The Morgan fingerprint density at radius 2 is 1.78 bits per heavy atom. The Morgan fingerprint density at radius 1 is 1.08 bits per heavy atom. The molecule has 3 aromatic carbocycles. The molecule has 0 radical (unpaired) electrons. The van der Waals surface area contributed by atoms with Crippen molar-refractivity contribution in [2.75, 3.05) is 7.05 Å². The van der Waals surface area contributed by atoms with Crippen LogP contribution in [-0.4, -0.2) is 31.7 Å². The fourth-order valence-corrected chi connectivity index (χ4v) is 7.04. The second-order valence-corrected chi connectivity index (χ2v) is 12.6. The van der Waals surface area contributed by atoms with Crippen LogP contribution in [0.4, 0.5) is 4.39 Å². The van der Waals surface area contributed by atoms with Crippen molar-refractivity contribution >= 4 is 43.5 Å². The second kappa shape index (κ2) is 12.1. The Morgan fingerprint density at radius 3 is 2.49 bits per heavy atom. The number of nitrogens with zero attached hydrogens (tertiary/aromatic N) is 1. The average Bonchev–Trinajstić information content (AvgIpc) is 2.90. The Bertz CT molecular complexity index is 1360. The Balaban J connectivity index is 1.62. The molecule has 0 spiro atoms. The summed E-state index contributed by atoms with van der Waals surface area (Å²) in [7, 11) is -2.15. The van der Waals surface area contributed by atoms with Gasteiger partial charge in [0.25, 0.3) is 5.91 Å². The molecule has 1 fully saturated rings. The van der Waals surface area contributed by atoms with Crippen LogP contribution in [0.25, 0.3) is 0 Å². The number of nitrogens with one attached hydrogen (secondary N) is 1. The quantitative estimate of drug-likeness (QED) is 0.303. The number of sulfonamides is 1. The number of rotatable bonds is 8. The summed E-state index contributed by atoms with van der Waals surface area (Å²) in [6.07, 6.45) is 4.92. The number of benzene rings is 3. The first-order valence-electron chi connectivity index (χ1n) is 12.2. The lowest BCUT2D eigenvalue weighted by molar-refractivity contribution is 0.0936. The molecule has 0 bridgehead atoms. The van der Waals surface area contributed by atoms with E-state index < -0.39 is 27.8 Å². The molecule has 37 heavy (non-hydrogen) atoms. The van der Waals surface area contributed by atoms with E-state index >= 15 is 0 Å². The van der Waals surface area contributed by atoms with E-state index in [0.717, 1.165) is 42.1 Å². The molecule has 5 nitrogen and oxygen atoms in total. The molecule has 1 N–H and O–H groups in total. The minimum absolute atomic E-state index is 0.0402. The molecule has 3 aromatic rings. The first-order valence-corrected chi connectivity index (χ1v) is 14.9. The van der Waals surface area contributed by atoms with Gasteiger partial charge < -0.3 is 5.32 Å². The smallest absolute Gasteiger partial charge is 0.251 e. The molecule has 9 heteroatoms. The number of amides is 1. The Hall–Kier alpha value is -2.26. The van der Waals surface area contributed by atoms with Crippen LogP contribution in [0.15, 0.2) is 76.1 Å². The molecule has 1 unspecified atom stereocenters. The van der Waals surface area contributed by atoms with Gasteiger partial charge in [-0.25, -0.2) is 12.8 Å². The molecule has 1 atom stereocenters. The molecule has 1 aliphatic carbocycles. The average molecular weight is 608 g/mol. The summed E-state index contributed by atoms with van der Waals surface area (Å²) in [5.74, 6) is -0.928. The topological polar surface area (TPSA) is 66.5 Å². The van der Waals surface area contributed by atoms with Crippen molar-refractivity contribution in [1.29, 1.82) is 0 Å². The molecule has 4 rings (SSSR count). The number of halogens is 3. The lowest BCUT2D eigenvalue weighted by Crippen LogP contribution is -2.38. The van der Waals surface area contributed by atoms with Gasteiger partial charge in [-0.1, -0.05) is 77.1 Å². The summed E-state index contributed by atoms with van der Waals surface area (Å²) in [6.45, 7) is 0. The van der Waals surface area contributed by atoms with Crippen LogP contribution in [0.5, 0.6) is 0 Å². The highest BCUT2D eigenvalue weighted by Crippen LogP contribution is 2.31. The standard InChI is InChI=1S/C28H29BrClFN2O3S/c1-33(20-10-3-2-4-11-20)37(35,36)21-12-7-9-19(17-21)28(34)32-27(22-13-5-6-14-24(22)29)18-23-25(30)15-8-16-26(23)31/h5-9,12-17,20,27H,2-4,10-11,18H2,1H3,(H,32,34). The molecular weight excluding hydrogens is 579 g/mol. The van der Waals surface area contributed by atoms with Crippen molar-refractivity contribution in [3.8, 4) is 0 Å². The normalized spacial score (nSPS) is 15.5. The van der Waals surface area contributed by atoms with Crippen molar-refractivity contribution in [1.82, 2.24) is 9.62 Å². The fourth-order valence-electron chi connectivity index (χ4n) is 4.77. The molecule has 0 aromatic heterocycles. The van der Waals surface area contributed by atoms with Crippen LogP contribution in [0, 0.1) is 5.82 Å². The van der Waals surface area contributed by atoms with Gasteiger partial charge in [-0.05, 0) is 54.8 Å². The largest absolute Gasteiger partial charge is 0.345 e. The number of carbonyl (C=O) groups is 1. The van der Waals surface area contributed by atoms with Gasteiger partial charge in [0.05, 0.1) is 10.9 Å². The molecule has 0 heterocycles. The van der Waals surface area contributed by atoms with Crippen molar-refractivity contribution in [2.45, 2.75) is 55.5 Å². The van der Waals surface area contributed by atoms with E-state index in [1.807, 2.05) is 24.3 Å². The van der Waals surface area contributed by atoms with Gasteiger partial charge in [-0.15, -0.1) is 0 Å². The third-order valence-corrected chi connectivity index (χ3v) is 9.90. The highest BCUT2D eigenvalue weighted by molar-refractivity contribution is 9.10. The minimum Gasteiger partial charge on any atom is -0.345 e. The maximum absolute atomic E-state index is 14.6. The van der Waals surface area contributed by atoms with Crippen molar-refractivity contribution < 1.29 is 17.6 Å². The highest BCUT2D eigenvalue weighted by atomic mass is 79.9. The zero-order chi connectivity index (χ0) is 26.6. The van der Waals surface area contributed by atoms with Crippen molar-refractivity contribution in [2.24, 2.45) is 0 Å². The number of hydrogen-bond donors (Lipinski definition) is 1. The predicted molar refractivity (Wildman–Crippen MR) is 148 cm³/mol. The Kier molecular flexibility index (Phi) is 9.06. The van der Waals surface area contributed by atoms with Gasteiger partial charge in [0.15, 0.2) is 0 Å². The zero-order valence-corrected chi connectivity index (χ0v) is 23.6. The van der Waals surface area contributed by atoms with E-state index in [9.17, 15) is 17.6 Å². The fraction of sp³-hybridized carbons (Fsp3) is 0.321. The van der Waals surface area contributed by atoms with E-state index in [2.05, 4.69) is 21.2 Å². The van der Waals surface area contributed by atoms with Crippen LogP contribution in [-0.2, 0) is 16.4 Å². The summed E-state index contributed by atoms with van der Waals surface area (Å²) in [5, 5.41) is 3.23. The summed E-state index contributed by atoms with van der Waals surface area (Å²) < 4.78 is 43.5. The van der Waals surface area contributed by atoms with E-state index in [4.69, 9.17) is 11.6 Å². The summed E-state index contributed by atoms with van der Waals surface area (Å²) >= 11 is 9.81. The third-order valence-electron chi connectivity index (χ3n) is 6.92. The predicted octanol–water partition coefficient (Wildman–Crippen LogP) is 6.91. The van der Waals surface area contributed by atoms with Gasteiger partial charge in [0, 0.05) is 40.1 Å². The van der Waals surface area contributed by atoms with E-state index in [1.54, 1.807) is 25.2 Å².